The predicted octanol–water partition coefficient (Wildman–Crippen LogP) is 0.383. The van der Waals surface area contributed by atoms with Crippen molar-refractivity contribution in [3.8, 4) is 0 Å². The van der Waals surface area contributed by atoms with Crippen molar-refractivity contribution in [1.29, 1.82) is 0 Å². The van der Waals surface area contributed by atoms with Gasteiger partial charge in [0.15, 0.2) is 0 Å². The van der Waals surface area contributed by atoms with E-state index in [4.69, 9.17) is 0 Å². The molecule has 0 spiro atoms. The average Bonchev–Trinajstić information content (AvgIpc) is 1.25. The van der Waals surface area contributed by atoms with E-state index in [9.17, 15) is 21.6 Å². The van der Waals surface area contributed by atoms with Gasteiger partial charge in [-0.1, -0.05) is 0 Å². The summed E-state index contributed by atoms with van der Waals surface area (Å²) < 4.78 is 51.7. The van der Waals surface area contributed by atoms with Crippen LogP contribution in [-0.4, -0.2) is 13.9 Å². The molecule has 0 aliphatic carbocycles. The van der Waals surface area contributed by atoms with Crippen molar-refractivity contribution >= 4 is 7.66 Å². The fraction of sp³-hybridized carbons (Fsp3) is 1.00. The van der Waals surface area contributed by atoms with Crippen molar-refractivity contribution in [3.63, 3.8) is 0 Å². The number of alkyl halides is 3. The third-order valence-electron chi connectivity index (χ3n) is 0.262. The molecule has 0 heterocycles. The van der Waals surface area contributed by atoms with Crippen molar-refractivity contribution in [2.24, 2.45) is 0 Å². The summed E-state index contributed by atoms with van der Waals surface area (Å²) in [5.74, 6) is 0. The number of rotatable bonds is 0. The molecule has 53 valence electrons. The fourth-order valence-corrected chi connectivity index (χ4v) is 0. The van der Waals surface area contributed by atoms with Gasteiger partial charge in [-0.15, -0.1) is 0 Å². The van der Waals surface area contributed by atoms with Gasteiger partial charge in [-0.25, -0.2) is 0 Å². The van der Waals surface area contributed by atoms with E-state index in [0.29, 0.717) is 0 Å². The van der Waals surface area contributed by atoms with Crippen LogP contribution in [0.3, 0.4) is 0 Å². The summed E-state index contributed by atoms with van der Waals surface area (Å²) in [5.41, 5.74) is -5.16. The Balaban J connectivity index is 4.53. The Morgan fingerprint density at radius 1 is 1.25 bits per heavy atom. The van der Waals surface area contributed by atoms with E-state index in [0.717, 1.165) is 0 Å². The molecule has 0 saturated heterocycles. The first-order valence-corrected chi connectivity index (χ1v) is 4.47. The van der Waals surface area contributed by atoms with Crippen LogP contribution in [0.25, 0.3) is 0 Å². The van der Waals surface area contributed by atoms with Gasteiger partial charge in [0.1, 0.15) is 0 Å². The van der Waals surface area contributed by atoms with Gasteiger partial charge in [-0.05, 0) is 0 Å². The predicted molar refractivity (Wildman–Crippen MR) is 15.0 cm³/mol. The Bertz CT molecular complexity index is 166. The Labute approximate surface area is 53.2 Å². The van der Waals surface area contributed by atoms with Crippen LogP contribution in [-0.2, 0) is 25.6 Å². The van der Waals surface area contributed by atoms with E-state index in [1.807, 2.05) is 0 Å². The molecule has 0 bridgehead atoms. The molecule has 8 heavy (non-hydrogen) atoms. The van der Waals surface area contributed by atoms with Crippen molar-refractivity contribution in [2.45, 2.75) is 5.51 Å². The van der Waals surface area contributed by atoms with Crippen LogP contribution >= 0.6 is 0 Å². The van der Waals surface area contributed by atoms with Crippen molar-refractivity contribution in [1.82, 2.24) is 0 Å². The number of halogens is 3. The summed E-state index contributed by atoms with van der Waals surface area (Å²) in [7, 11) is -4.99. The third kappa shape index (κ3) is 2.11. The monoisotopic (exact) mass is 239 g/mol. The molecular weight excluding hydrogens is 239 g/mol. The first-order chi connectivity index (χ1) is 3.25. The summed E-state index contributed by atoms with van der Waals surface area (Å²) in [6.45, 7) is 0. The standard InChI is InChI=1S/CF3O2S.Pd/c2-1(3,4)7(5)6;. The summed E-state index contributed by atoms with van der Waals surface area (Å²) >= 11 is 1.18. The maximum absolute atomic E-state index is 10.9. The van der Waals surface area contributed by atoms with Crippen LogP contribution in [0.5, 0.6) is 0 Å². The normalized spacial score (nSPS) is 14.1. The molecule has 0 rings (SSSR count). The van der Waals surface area contributed by atoms with Gasteiger partial charge >= 0.3 is 52.7 Å². The number of hydrogen-bond donors (Lipinski definition) is 0. The molecule has 7 heteroatoms. The zero-order valence-corrected chi connectivity index (χ0v) is 5.55. The van der Waals surface area contributed by atoms with E-state index in [1.54, 1.807) is 0 Å². The maximum atomic E-state index is 10.9. The molecule has 0 aromatic heterocycles. The van der Waals surface area contributed by atoms with Crippen molar-refractivity contribution < 1.29 is 39.5 Å². The summed E-state index contributed by atoms with van der Waals surface area (Å²) in [4.78, 5) is 0. The molecule has 0 radical (unpaired) electrons. The van der Waals surface area contributed by atoms with Gasteiger partial charge in [-0.2, -0.15) is 0 Å². The molecule has 0 aliphatic rings. The minimum atomic E-state index is -5.16. The van der Waals surface area contributed by atoms with Crippen molar-refractivity contribution in [3.05, 3.63) is 0 Å². The van der Waals surface area contributed by atoms with E-state index < -0.39 is 13.2 Å². The second-order valence-electron chi connectivity index (χ2n) is 0.850. The topological polar surface area (TPSA) is 34.1 Å². The molecule has 0 amide bonds. The van der Waals surface area contributed by atoms with Gasteiger partial charge in [0.2, 0.25) is 0 Å². The van der Waals surface area contributed by atoms with E-state index in [2.05, 4.69) is 0 Å². The third-order valence-corrected chi connectivity index (χ3v) is 1.87. The van der Waals surface area contributed by atoms with Crippen LogP contribution in [0.2, 0.25) is 0 Å². The van der Waals surface area contributed by atoms with Gasteiger partial charge in [0.05, 0.1) is 0 Å². The molecule has 0 unspecified atom stereocenters. The fourth-order valence-electron chi connectivity index (χ4n) is 0. The minimum absolute atomic E-state index is 1.18. The van der Waals surface area contributed by atoms with Crippen molar-refractivity contribution in [2.75, 3.05) is 0 Å². The van der Waals surface area contributed by atoms with Crippen LogP contribution in [0.15, 0.2) is 0 Å². The molecule has 0 saturated carbocycles. The Hall–Kier alpha value is 0.402. The second-order valence-corrected chi connectivity index (χ2v) is 4.63. The van der Waals surface area contributed by atoms with Gasteiger partial charge in [-0.3, -0.25) is 0 Å². The molecule has 0 aromatic rings. The second kappa shape index (κ2) is 1.97. The van der Waals surface area contributed by atoms with Crippen LogP contribution in [0.4, 0.5) is 13.2 Å². The number of hydrogen-bond acceptors (Lipinski definition) is 2. The van der Waals surface area contributed by atoms with E-state index in [1.165, 1.54) is 17.9 Å². The first kappa shape index (κ1) is 8.40. The van der Waals surface area contributed by atoms with E-state index in [-0.39, 0.29) is 0 Å². The quantitative estimate of drug-likeness (QED) is 0.573. The van der Waals surface area contributed by atoms with Gasteiger partial charge in [0, 0.05) is 0 Å². The van der Waals surface area contributed by atoms with Crippen LogP contribution < -0.4 is 0 Å². The zero-order chi connectivity index (χ0) is 7.00. The Morgan fingerprint density at radius 2 is 1.38 bits per heavy atom. The molecule has 0 atom stereocenters. The van der Waals surface area contributed by atoms with Crippen LogP contribution in [0, 0.1) is 0 Å². The molecule has 2 nitrogen and oxygen atoms in total. The summed E-state index contributed by atoms with van der Waals surface area (Å²) in [5, 5.41) is 0. The molecule has 0 aliphatic heterocycles. The SMILES string of the molecule is O=[S](=O)([Pd])C(F)(F)F. The zero-order valence-electron chi connectivity index (χ0n) is 3.17. The molecule has 0 aromatic carbocycles. The summed E-state index contributed by atoms with van der Waals surface area (Å²) in [6, 6.07) is 0. The molecular formula is CF3O2PdS. The van der Waals surface area contributed by atoms with Gasteiger partial charge in [0.25, 0.3) is 0 Å². The summed E-state index contributed by atoms with van der Waals surface area (Å²) in [6.07, 6.45) is 0. The Kier molecular flexibility index (Phi) is 2.07. The first-order valence-electron chi connectivity index (χ1n) is 1.23. The van der Waals surface area contributed by atoms with Crippen LogP contribution in [0.1, 0.15) is 0 Å². The molecule has 0 fully saturated rings. The Morgan fingerprint density at radius 3 is 1.38 bits per heavy atom. The average molecular weight is 239 g/mol. The van der Waals surface area contributed by atoms with E-state index >= 15 is 0 Å². The molecule has 0 N–H and O–H groups in total. The van der Waals surface area contributed by atoms with Gasteiger partial charge < -0.3 is 0 Å².